The minimum Gasteiger partial charge on any atom is -0.366 e. The van der Waals surface area contributed by atoms with Crippen molar-refractivity contribution in [3.05, 3.63) is 278 Å². The van der Waals surface area contributed by atoms with E-state index in [0.29, 0.717) is 52.5 Å². The Morgan fingerprint density at radius 3 is 1.40 bits per heavy atom. The van der Waals surface area contributed by atoms with Crippen LogP contribution in [0.3, 0.4) is 0 Å². The largest absolute Gasteiger partial charge is 0.366 e. The van der Waals surface area contributed by atoms with Crippen LogP contribution in [0.4, 0.5) is 28.6 Å². The SMILES string of the molecule is N#Cc1cc(Cl)ccc1N1CCc2ncnc(Cl)c2C1.N#Cc1cc(Cl)ccc1N1CCc2ncnc(NCc3ccn4ccnc4c3)c2C1.N#Cc1ccccc1N1CCc2ncncc2C1.N#Cc1ccccc1N1CCc2ncncc2C1.NCc1ccn2ccnc2c1. The Labute approximate surface area is 574 Å². The Bertz CT molecular complexity index is 4860. The molecule has 0 spiro atoms. The summed E-state index contributed by atoms with van der Waals surface area (Å²) >= 11 is 18.1. The number of hydrogen-bond donors (Lipinski definition) is 2. The van der Waals surface area contributed by atoms with Gasteiger partial charge in [-0.1, -0.05) is 59.1 Å². The van der Waals surface area contributed by atoms with Gasteiger partial charge in [0.2, 0.25) is 0 Å². The Balaban J connectivity index is 0.000000120. The van der Waals surface area contributed by atoms with Gasteiger partial charge in [-0.25, -0.2) is 49.8 Å². The van der Waals surface area contributed by atoms with Gasteiger partial charge in [0.25, 0.3) is 0 Å². The number of anilines is 5. The van der Waals surface area contributed by atoms with Crippen molar-refractivity contribution in [1.29, 1.82) is 21.0 Å². The van der Waals surface area contributed by atoms with Gasteiger partial charge in [-0.05, 0) is 96.1 Å². The van der Waals surface area contributed by atoms with Crippen molar-refractivity contribution >= 4 is 74.7 Å². The number of benzene rings is 4. The van der Waals surface area contributed by atoms with Gasteiger partial charge in [-0.15, -0.1) is 0 Å². The maximum Gasteiger partial charge on any atom is 0.137 e. The standard InChI is InChI=1S/C22H18ClN7.C14H10Cl2N4.2C14H12N4.C8H9N3/c23-17-1-2-20(16(10-17)11-24)30-7-4-19-18(13-30)22(28-14-27-19)26-12-15-3-6-29-8-5-25-21(29)9-15;15-10-1-2-13(9(5-10)6-17)20-4-3-12-11(7-20)14(16)19-8-18-12;2*15-7-11-3-1-2-4-14(11)18-6-5-13-12(9-18)8-16-10-17-13;9-6-7-1-3-11-4-2-10-8(11)5-7/h1-3,5-6,8-10,14H,4,7,12-13H2,(H,26,27,28);1-2,5,8H,3-4,7H2;2*1-4,8,10H,5-6,9H2;1-5H,6,9H2. The third-order valence-electron chi connectivity index (χ3n) is 16.9. The average molecular weight is 1340 g/mol. The van der Waals surface area contributed by atoms with E-state index in [9.17, 15) is 10.5 Å². The smallest absolute Gasteiger partial charge is 0.137 e. The van der Waals surface area contributed by atoms with Crippen LogP contribution in [-0.2, 0) is 65.0 Å². The molecule has 97 heavy (non-hydrogen) atoms. The van der Waals surface area contributed by atoms with Crippen LogP contribution < -0.4 is 30.7 Å². The first kappa shape index (κ1) is 65.4. The summed E-state index contributed by atoms with van der Waals surface area (Å²) in [5, 5.41) is 42.1. The first-order chi connectivity index (χ1) is 47.6. The number of para-hydroxylation sites is 2. The fourth-order valence-corrected chi connectivity index (χ4v) is 12.5. The average Bonchev–Trinajstić information content (AvgIpc) is 1.50. The Morgan fingerprint density at radius 1 is 0.433 bits per heavy atom. The molecule has 0 atom stereocenters. The lowest BCUT2D eigenvalue weighted by Gasteiger charge is -2.31. The number of rotatable bonds is 8. The van der Waals surface area contributed by atoms with Gasteiger partial charge >= 0.3 is 0 Å². The van der Waals surface area contributed by atoms with Crippen LogP contribution >= 0.6 is 34.8 Å². The van der Waals surface area contributed by atoms with Crippen LogP contribution in [0.5, 0.6) is 0 Å². The van der Waals surface area contributed by atoms with Crippen molar-refractivity contribution in [2.45, 2.75) is 65.0 Å². The Kier molecular flexibility index (Phi) is 21.0. The fraction of sp³-hybridized carbons (Fsp3) is 0.194. The summed E-state index contributed by atoms with van der Waals surface area (Å²) in [6, 6.07) is 43.2. The lowest BCUT2D eigenvalue weighted by atomic mass is 10.0. The van der Waals surface area contributed by atoms with Gasteiger partial charge in [0.1, 0.15) is 71.9 Å². The highest BCUT2D eigenvalue weighted by atomic mass is 35.5. The quantitative estimate of drug-likeness (QED) is 0.134. The van der Waals surface area contributed by atoms with Crippen molar-refractivity contribution in [2.75, 3.05) is 51.1 Å². The molecule has 0 saturated heterocycles. The molecule has 25 heteroatoms. The number of fused-ring (bicyclic) bond motifs is 6. The molecule has 4 aromatic carbocycles. The van der Waals surface area contributed by atoms with E-state index < -0.39 is 0 Å². The van der Waals surface area contributed by atoms with E-state index in [-0.39, 0.29) is 0 Å². The second-order valence-electron chi connectivity index (χ2n) is 22.7. The van der Waals surface area contributed by atoms with Crippen LogP contribution in [0.25, 0.3) is 11.3 Å². The van der Waals surface area contributed by atoms with Crippen LogP contribution in [0.1, 0.15) is 78.4 Å². The number of nitriles is 4. The van der Waals surface area contributed by atoms with Crippen molar-refractivity contribution in [2.24, 2.45) is 5.73 Å². The number of pyridine rings is 2. The minimum absolute atomic E-state index is 0.479. The number of nitrogens with one attached hydrogen (secondary N) is 1. The molecule has 4 aliphatic heterocycles. The third kappa shape index (κ3) is 15.6. The predicted octanol–water partition coefficient (Wildman–Crippen LogP) is 11.7. The van der Waals surface area contributed by atoms with Gasteiger partial charge < -0.3 is 39.5 Å². The van der Waals surface area contributed by atoms with E-state index in [0.717, 1.165) is 172 Å². The number of aromatic nitrogens is 12. The normalized spacial score (nSPS) is 13.2. The van der Waals surface area contributed by atoms with E-state index in [1.165, 1.54) is 6.33 Å². The Morgan fingerprint density at radius 2 is 0.876 bits per heavy atom. The molecule has 0 bridgehead atoms. The van der Waals surface area contributed by atoms with E-state index in [4.69, 9.17) is 51.1 Å². The second-order valence-corrected chi connectivity index (χ2v) is 24.0. The highest BCUT2D eigenvalue weighted by molar-refractivity contribution is 6.31. The molecule has 0 fully saturated rings. The molecule has 12 heterocycles. The van der Waals surface area contributed by atoms with Gasteiger partial charge in [0.05, 0.1) is 67.8 Å². The molecule has 0 radical (unpaired) electrons. The van der Waals surface area contributed by atoms with E-state index in [1.807, 2.05) is 125 Å². The molecule has 0 unspecified atom stereocenters. The second kappa shape index (κ2) is 31.1. The maximum atomic E-state index is 9.51. The number of nitrogens with two attached hydrogens (primary N) is 1. The molecule has 12 aromatic rings. The van der Waals surface area contributed by atoms with E-state index in [2.05, 4.69) is 111 Å². The first-order valence-electron chi connectivity index (χ1n) is 31.1. The number of hydrogen-bond acceptors (Lipinski definition) is 20. The van der Waals surface area contributed by atoms with Crippen molar-refractivity contribution in [3.63, 3.8) is 0 Å². The molecule has 0 amide bonds. The molecule has 4 aliphatic rings. The third-order valence-corrected chi connectivity index (χ3v) is 17.7. The summed E-state index contributed by atoms with van der Waals surface area (Å²) in [4.78, 5) is 51.1. The first-order valence-corrected chi connectivity index (χ1v) is 32.2. The van der Waals surface area contributed by atoms with Crippen LogP contribution in [0.15, 0.2) is 184 Å². The van der Waals surface area contributed by atoms with E-state index in [1.54, 1.807) is 49.6 Å². The molecular formula is C72H61Cl3N22. The summed E-state index contributed by atoms with van der Waals surface area (Å²) in [5.41, 5.74) is 24.4. The summed E-state index contributed by atoms with van der Waals surface area (Å²) in [6.07, 6.45) is 24.7. The molecule has 0 saturated carbocycles. The lowest BCUT2D eigenvalue weighted by Crippen LogP contribution is -2.32. The summed E-state index contributed by atoms with van der Waals surface area (Å²) in [5.74, 6) is 0.820. The minimum atomic E-state index is 0.479. The number of halogens is 3. The van der Waals surface area contributed by atoms with Crippen LogP contribution in [0, 0.1) is 45.3 Å². The molecular weight excluding hydrogens is 1280 g/mol. The topological polar surface area (TPSA) is 284 Å². The van der Waals surface area contributed by atoms with Gasteiger partial charge in [-0.3, -0.25) is 0 Å². The summed E-state index contributed by atoms with van der Waals surface area (Å²) in [6.45, 7) is 7.35. The zero-order valence-corrected chi connectivity index (χ0v) is 54.6. The predicted molar refractivity (Wildman–Crippen MR) is 372 cm³/mol. The van der Waals surface area contributed by atoms with Crippen LogP contribution in [0.2, 0.25) is 15.2 Å². The molecule has 8 aromatic heterocycles. The van der Waals surface area contributed by atoms with Gasteiger partial charge in [0, 0.05) is 173 Å². The summed E-state index contributed by atoms with van der Waals surface area (Å²) < 4.78 is 3.94. The highest BCUT2D eigenvalue weighted by Crippen LogP contribution is 2.34. The van der Waals surface area contributed by atoms with Crippen molar-refractivity contribution < 1.29 is 0 Å². The molecule has 22 nitrogen and oxygen atoms in total. The highest BCUT2D eigenvalue weighted by Gasteiger charge is 2.26. The maximum absolute atomic E-state index is 9.51. The molecule has 16 rings (SSSR count). The van der Waals surface area contributed by atoms with Gasteiger partial charge in [-0.2, -0.15) is 21.0 Å². The lowest BCUT2D eigenvalue weighted by molar-refractivity contribution is 0.704. The monoisotopic (exact) mass is 1340 g/mol. The number of imidazole rings is 2. The zero-order valence-electron chi connectivity index (χ0n) is 52.4. The molecule has 0 aliphatic carbocycles. The Hall–Kier alpha value is -11.6. The summed E-state index contributed by atoms with van der Waals surface area (Å²) in [7, 11) is 0. The van der Waals surface area contributed by atoms with Crippen molar-refractivity contribution in [1.82, 2.24) is 58.6 Å². The fourth-order valence-electron chi connectivity index (χ4n) is 11.9. The molecule has 3 N–H and O–H groups in total. The van der Waals surface area contributed by atoms with Gasteiger partial charge in [0.15, 0.2) is 0 Å². The van der Waals surface area contributed by atoms with Crippen LogP contribution in [-0.4, -0.2) is 84.8 Å². The molecule has 480 valence electrons. The van der Waals surface area contributed by atoms with Crippen molar-refractivity contribution in [3.8, 4) is 24.3 Å². The number of nitrogens with zero attached hydrogens (tertiary/aromatic N) is 20. The van der Waals surface area contributed by atoms with E-state index >= 15 is 0 Å². The zero-order chi connectivity index (χ0) is 67.0.